The molecule has 0 atom stereocenters. The third kappa shape index (κ3) is 46.0. The second-order valence-electron chi connectivity index (χ2n) is 6.89. The van der Waals surface area contributed by atoms with Crippen LogP contribution in [0.5, 0.6) is 0 Å². The Balaban J connectivity index is -0.0000000907. The highest BCUT2D eigenvalue weighted by Gasteiger charge is 2.08. The SMILES string of the molecule is C=CC(=O)[O-].C=CC(N)=O.C=CC[N+](C)(C)CC=C.C=CC[N+](C)(C)CC=C.[Cl-]. The first-order valence-electron chi connectivity index (χ1n) is 8.61. The number of quaternary nitrogens is 2. The van der Waals surface area contributed by atoms with Crippen molar-refractivity contribution < 1.29 is 36.1 Å². The second-order valence-corrected chi connectivity index (χ2v) is 6.89. The van der Waals surface area contributed by atoms with E-state index in [2.05, 4.69) is 73.4 Å². The highest BCUT2D eigenvalue weighted by atomic mass is 35.5. The Hall–Kier alpha value is -2.41. The molecule has 6 nitrogen and oxygen atoms in total. The van der Waals surface area contributed by atoms with Crippen LogP contribution in [0.25, 0.3) is 0 Å². The summed E-state index contributed by atoms with van der Waals surface area (Å²) in [7, 11) is 8.62. The summed E-state index contributed by atoms with van der Waals surface area (Å²) >= 11 is 0. The van der Waals surface area contributed by atoms with Crippen molar-refractivity contribution in [2.24, 2.45) is 5.73 Å². The Morgan fingerprint density at radius 1 is 0.724 bits per heavy atom. The molecule has 0 radical (unpaired) electrons. The number of carboxylic acid groups (broad SMARTS) is 1. The molecule has 0 aromatic carbocycles. The fraction of sp³-hybridized carbons (Fsp3) is 0.364. The standard InChI is InChI=1S/2C8H16N.C3H5NO.C3H4O2.ClH/c2*1-5-7-9(3,4)8-6-2;2*1-2-3(4)5;/h2*5-6H,1-2,7-8H2,3-4H3;2H,1H2,(H2,4,5);2H,1H2,(H,4,5);1H/q2*+1;;;/p-2. The molecule has 0 aliphatic heterocycles. The first-order valence-corrected chi connectivity index (χ1v) is 8.61. The smallest absolute Gasteiger partial charge is 0.240 e. The highest BCUT2D eigenvalue weighted by molar-refractivity contribution is 5.84. The second kappa shape index (κ2) is 23.6. The molecule has 7 heteroatoms. The van der Waals surface area contributed by atoms with Gasteiger partial charge in [0.05, 0.1) is 60.3 Å². The van der Waals surface area contributed by atoms with Crippen molar-refractivity contribution in [2.45, 2.75) is 0 Å². The Bertz CT molecular complexity index is 443. The van der Waals surface area contributed by atoms with Crippen LogP contribution in [-0.4, -0.2) is 75.2 Å². The van der Waals surface area contributed by atoms with E-state index in [1.807, 2.05) is 24.3 Å². The first-order chi connectivity index (χ1) is 12.8. The van der Waals surface area contributed by atoms with Gasteiger partial charge in [-0.05, 0) is 36.5 Å². The van der Waals surface area contributed by atoms with E-state index >= 15 is 0 Å². The molecule has 0 spiro atoms. The predicted molar refractivity (Wildman–Crippen MR) is 119 cm³/mol. The number of nitrogens with zero attached hydrogens (tertiary/aromatic N) is 2. The molecule has 0 aromatic rings. The van der Waals surface area contributed by atoms with Gasteiger partial charge in [-0.15, -0.1) is 0 Å². The van der Waals surface area contributed by atoms with Crippen LogP contribution in [0.3, 0.4) is 0 Å². The van der Waals surface area contributed by atoms with Crippen LogP contribution in [0.4, 0.5) is 0 Å². The van der Waals surface area contributed by atoms with Gasteiger partial charge < -0.3 is 37.0 Å². The van der Waals surface area contributed by atoms with Gasteiger partial charge in [-0.1, -0.05) is 39.5 Å². The lowest BCUT2D eigenvalue weighted by Crippen LogP contribution is -3.00. The summed E-state index contributed by atoms with van der Waals surface area (Å²) in [5.41, 5.74) is 4.53. The average Bonchev–Trinajstić information content (AvgIpc) is 2.56. The molecule has 1 amide bonds. The molecule has 0 saturated carbocycles. The lowest BCUT2D eigenvalue weighted by atomic mass is 10.4. The van der Waals surface area contributed by atoms with E-state index in [-0.39, 0.29) is 12.4 Å². The van der Waals surface area contributed by atoms with E-state index in [9.17, 15) is 4.79 Å². The number of carbonyl (C=O) groups is 2. The van der Waals surface area contributed by atoms with E-state index < -0.39 is 11.9 Å². The Kier molecular flexibility index (Phi) is 30.4. The van der Waals surface area contributed by atoms with E-state index in [1.165, 1.54) is 0 Å². The van der Waals surface area contributed by atoms with E-state index in [1.54, 1.807) is 0 Å². The zero-order valence-electron chi connectivity index (χ0n) is 18.6. The maximum atomic E-state index is 9.47. The first kappa shape index (κ1) is 37.4. The maximum Gasteiger partial charge on any atom is 0.240 e. The third-order valence-electron chi connectivity index (χ3n) is 2.86. The average molecular weight is 430 g/mol. The number of carboxylic acids is 1. The van der Waals surface area contributed by atoms with Gasteiger partial charge in [-0.25, -0.2) is 0 Å². The molecule has 0 aliphatic carbocycles. The predicted octanol–water partition coefficient (Wildman–Crippen LogP) is -1.55. The van der Waals surface area contributed by atoms with Gasteiger partial charge >= 0.3 is 0 Å². The topological polar surface area (TPSA) is 83.2 Å². The summed E-state index contributed by atoms with van der Waals surface area (Å²) in [6.07, 6.45) is 9.51. The molecule has 0 saturated heterocycles. The van der Waals surface area contributed by atoms with E-state index in [0.29, 0.717) is 0 Å². The number of primary amides is 1. The molecule has 0 heterocycles. The molecular weight excluding hydrogens is 390 g/mol. The van der Waals surface area contributed by atoms with Gasteiger partial charge in [-0.2, -0.15) is 0 Å². The Morgan fingerprint density at radius 3 is 0.966 bits per heavy atom. The van der Waals surface area contributed by atoms with Crippen molar-refractivity contribution in [3.63, 3.8) is 0 Å². The molecule has 0 unspecified atom stereocenters. The number of carbonyl (C=O) groups excluding carboxylic acids is 2. The largest absolute Gasteiger partial charge is 1.00 e. The minimum Gasteiger partial charge on any atom is -1.00 e. The molecule has 2 N–H and O–H groups in total. The normalized spacial score (nSPS) is 8.97. The Morgan fingerprint density at radius 2 is 0.897 bits per heavy atom. The van der Waals surface area contributed by atoms with Crippen LogP contribution in [-0.2, 0) is 9.59 Å². The maximum absolute atomic E-state index is 9.47. The summed E-state index contributed by atoms with van der Waals surface area (Å²) in [6, 6.07) is 0. The van der Waals surface area contributed by atoms with Crippen LogP contribution in [0.15, 0.2) is 75.9 Å². The molecule has 0 aromatic heterocycles. The van der Waals surface area contributed by atoms with Gasteiger partial charge in [0, 0.05) is 0 Å². The van der Waals surface area contributed by atoms with Gasteiger partial charge in [0.25, 0.3) is 0 Å². The number of aliphatic carboxylic acids is 1. The zero-order valence-corrected chi connectivity index (χ0v) is 19.4. The monoisotopic (exact) mass is 429 g/mol. The molecule has 0 bridgehead atoms. The van der Waals surface area contributed by atoms with Gasteiger partial charge in [0.1, 0.15) is 0 Å². The minimum absolute atomic E-state index is 0. The quantitative estimate of drug-likeness (QED) is 0.259. The van der Waals surface area contributed by atoms with Crippen molar-refractivity contribution in [3.8, 4) is 0 Å². The van der Waals surface area contributed by atoms with Gasteiger partial charge in [0.2, 0.25) is 5.91 Å². The highest BCUT2D eigenvalue weighted by Crippen LogP contribution is 1.95. The van der Waals surface area contributed by atoms with Crippen LogP contribution >= 0.6 is 0 Å². The van der Waals surface area contributed by atoms with Crippen LogP contribution in [0.1, 0.15) is 0 Å². The molecule has 168 valence electrons. The van der Waals surface area contributed by atoms with Gasteiger partial charge in [-0.3, -0.25) is 4.79 Å². The lowest BCUT2D eigenvalue weighted by Gasteiger charge is -2.26. The fourth-order valence-electron chi connectivity index (χ4n) is 1.55. The van der Waals surface area contributed by atoms with Crippen molar-refractivity contribution in [1.82, 2.24) is 0 Å². The number of halogens is 1. The van der Waals surface area contributed by atoms with Crippen LogP contribution in [0.2, 0.25) is 0 Å². The lowest BCUT2D eigenvalue weighted by molar-refractivity contribution is -0.878. The van der Waals surface area contributed by atoms with Crippen molar-refractivity contribution >= 4 is 11.9 Å². The number of nitrogens with two attached hydrogens (primary N) is 1. The van der Waals surface area contributed by atoms with Crippen molar-refractivity contribution in [2.75, 3.05) is 54.4 Å². The summed E-state index contributed by atoms with van der Waals surface area (Å²) in [4.78, 5) is 18.6. The zero-order chi connectivity index (χ0) is 23.2. The summed E-state index contributed by atoms with van der Waals surface area (Å²) in [5, 5.41) is 9.14. The van der Waals surface area contributed by atoms with Crippen molar-refractivity contribution in [1.29, 1.82) is 0 Å². The molecule has 29 heavy (non-hydrogen) atoms. The number of rotatable bonds is 10. The summed E-state index contributed by atoms with van der Waals surface area (Å²) in [6.45, 7) is 24.7. The number of amides is 1. The Labute approximate surface area is 184 Å². The third-order valence-corrected chi connectivity index (χ3v) is 2.86. The number of hydrogen-bond donors (Lipinski definition) is 1. The van der Waals surface area contributed by atoms with Gasteiger partial charge in [0.15, 0.2) is 0 Å². The van der Waals surface area contributed by atoms with E-state index in [4.69, 9.17) is 9.90 Å². The summed E-state index contributed by atoms with van der Waals surface area (Å²) in [5.74, 6) is -1.71. The molecule has 0 rings (SSSR count). The number of hydrogen-bond acceptors (Lipinski definition) is 3. The fourth-order valence-corrected chi connectivity index (χ4v) is 1.55. The molecule has 0 aliphatic rings. The van der Waals surface area contributed by atoms with Crippen molar-refractivity contribution in [3.05, 3.63) is 75.9 Å². The van der Waals surface area contributed by atoms with E-state index in [0.717, 1.165) is 47.3 Å². The summed E-state index contributed by atoms with van der Waals surface area (Å²) < 4.78 is 1.90. The van der Waals surface area contributed by atoms with Crippen LogP contribution < -0.4 is 23.2 Å². The van der Waals surface area contributed by atoms with Crippen LogP contribution in [0, 0.1) is 0 Å². The minimum atomic E-state index is -1.23. The number of likely N-dealkylation sites (N-methyl/N-ethyl adjacent to an activating group) is 2. The molecular formula is C22H40ClN3O3. The molecule has 0 fully saturated rings.